The van der Waals surface area contributed by atoms with Gasteiger partial charge in [0.15, 0.2) is 0 Å². The maximum atomic E-state index is 11.6. The summed E-state index contributed by atoms with van der Waals surface area (Å²) in [4.78, 5) is 11.6. The van der Waals surface area contributed by atoms with Gasteiger partial charge in [-0.15, -0.1) is 0 Å². The fourth-order valence-electron chi connectivity index (χ4n) is 2.64. The lowest BCUT2D eigenvalue weighted by Gasteiger charge is -2.14. The molecule has 5 heteroatoms. The zero-order valence-corrected chi connectivity index (χ0v) is 13.5. The van der Waals surface area contributed by atoms with Crippen LogP contribution in [0, 0.1) is 6.92 Å². The highest BCUT2D eigenvalue weighted by molar-refractivity contribution is 5.96. The Hall–Kier alpha value is -2.43. The van der Waals surface area contributed by atoms with Crippen molar-refractivity contribution in [3.05, 3.63) is 35.5 Å². The average Bonchev–Trinajstić information content (AvgIpc) is 2.84. The van der Waals surface area contributed by atoms with E-state index in [0.717, 1.165) is 35.7 Å². The molecule has 1 aromatic heterocycles. The summed E-state index contributed by atoms with van der Waals surface area (Å²) in [5.74, 6) is 1.01. The molecule has 2 aromatic rings. The maximum absolute atomic E-state index is 11.6. The number of benzene rings is 1. The Labute approximate surface area is 130 Å². The van der Waals surface area contributed by atoms with Gasteiger partial charge in [-0.3, -0.25) is 4.79 Å². The van der Waals surface area contributed by atoms with E-state index in [-0.39, 0.29) is 0 Å². The SMILES string of the molecule is CCCn1c(-c2ccc(OC)cc2OC)cc(C(N)=O)c1C. The number of amides is 1. The number of hydrogen-bond acceptors (Lipinski definition) is 3. The average molecular weight is 302 g/mol. The number of carbonyl (C=O) groups is 1. The first-order chi connectivity index (χ1) is 10.5. The van der Waals surface area contributed by atoms with Crippen LogP contribution >= 0.6 is 0 Å². The van der Waals surface area contributed by atoms with Gasteiger partial charge in [-0.2, -0.15) is 0 Å². The zero-order chi connectivity index (χ0) is 16.3. The van der Waals surface area contributed by atoms with Gasteiger partial charge in [0.05, 0.1) is 25.5 Å². The van der Waals surface area contributed by atoms with Crippen LogP contribution < -0.4 is 15.2 Å². The number of primary amides is 1. The van der Waals surface area contributed by atoms with Crippen LogP contribution in [0.1, 0.15) is 29.4 Å². The van der Waals surface area contributed by atoms with Crippen molar-refractivity contribution in [3.8, 4) is 22.8 Å². The van der Waals surface area contributed by atoms with E-state index in [1.54, 1.807) is 14.2 Å². The molecular formula is C17H22N2O3. The molecule has 0 fully saturated rings. The molecule has 0 atom stereocenters. The Morgan fingerprint density at radius 1 is 1.23 bits per heavy atom. The Balaban J connectivity index is 2.65. The summed E-state index contributed by atoms with van der Waals surface area (Å²) in [7, 11) is 3.23. The molecule has 0 aliphatic carbocycles. The summed E-state index contributed by atoms with van der Waals surface area (Å²) in [6.07, 6.45) is 0.958. The minimum absolute atomic E-state index is 0.416. The van der Waals surface area contributed by atoms with Crippen molar-refractivity contribution in [1.29, 1.82) is 0 Å². The predicted molar refractivity (Wildman–Crippen MR) is 86.5 cm³/mol. The lowest BCUT2D eigenvalue weighted by atomic mass is 10.1. The molecule has 1 heterocycles. The Morgan fingerprint density at radius 3 is 2.50 bits per heavy atom. The van der Waals surface area contributed by atoms with Crippen LogP contribution in [-0.2, 0) is 6.54 Å². The first kappa shape index (κ1) is 15.9. The van der Waals surface area contributed by atoms with Crippen molar-refractivity contribution in [3.63, 3.8) is 0 Å². The molecule has 0 bridgehead atoms. The number of nitrogens with zero attached hydrogens (tertiary/aromatic N) is 1. The van der Waals surface area contributed by atoms with Gasteiger partial charge in [-0.1, -0.05) is 6.92 Å². The van der Waals surface area contributed by atoms with Crippen molar-refractivity contribution < 1.29 is 14.3 Å². The molecule has 0 saturated carbocycles. The fourth-order valence-corrected chi connectivity index (χ4v) is 2.64. The molecule has 0 aliphatic heterocycles. The monoisotopic (exact) mass is 302 g/mol. The van der Waals surface area contributed by atoms with E-state index >= 15 is 0 Å². The van der Waals surface area contributed by atoms with Crippen LogP contribution in [0.15, 0.2) is 24.3 Å². The molecule has 0 radical (unpaired) electrons. The number of aromatic nitrogens is 1. The third kappa shape index (κ3) is 2.79. The third-order valence-corrected chi connectivity index (χ3v) is 3.76. The van der Waals surface area contributed by atoms with E-state index in [1.165, 1.54) is 0 Å². The third-order valence-electron chi connectivity index (χ3n) is 3.76. The predicted octanol–water partition coefficient (Wildman–Crippen LogP) is 2.99. The Kier molecular flexibility index (Phi) is 4.75. The number of rotatable bonds is 6. The number of carbonyl (C=O) groups excluding carboxylic acids is 1. The van der Waals surface area contributed by atoms with Crippen LogP contribution in [0.3, 0.4) is 0 Å². The topological polar surface area (TPSA) is 66.5 Å². The van der Waals surface area contributed by atoms with E-state index < -0.39 is 5.91 Å². The molecule has 118 valence electrons. The summed E-state index contributed by atoms with van der Waals surface area (Å²) in [6.45, 7) is 4.82. The van der Waals surface area contributed by atoms with Gasteiger partial charge in [-0.25, -0.2) is 0 Å². The summed E-state index contributed by atoms with van der Waals surface area (Å²) >= 11 is 0. The normalized spacial score (nSPS) is 10.5. The van der Waals surface area contributed by atoms with Gasteiger partial charge in [0, 0.05) is 23.9 Å². The van der Waals surface area contributed by atoms with E-state index in [0.29, 0.717) is 11.3 Å². The van der Waals surface area contributed by atoms with Gasteiger partial charge in [0.25, 0.3) is 5.91 Å². The lowest BCUT2D eigenvalue weighted by Crippen LogP contribution is -2.12. The molecule has 22 heavy (non-hydrogen) atoms. The van der Waals surface area contributed by atoms with Crippen molar-refractivity contribution in [2.45, 2.75) is 26.8 Å². The first-order valence-electron chi connectivity index (χ1n) is 7.25. The molecule has 1 aromatic carbocycles. The zero-order valence-electron chi connectivity index (χ0n) is 13.5. The molecule has 0 spiro atoms. The quantitative estimate of drug-likeness (QED) is 0.892. The summed E-state index contributed by atoms with van der Waals surface area (Å²) in [6, 6.07) is 7.47. The van der Waals surface area contributed by atoms with Crippen LogP contribution in [0.2, 0.25) is 0 Å². The van der Waals surface area contributed by atoms with E-state index in [2.05, 4.69) is 11.5 Å². The molecular weight excluding hydrogens is 280 g/mol. The van der Waals surface area contributed by atoms with Crippen LogP contribution in [0.5, 0.6) is 11.5 Å². The molecule has 2 N–H and O–H groups in total. The number of ether oxygens (including phenoxy) is 2. The highest BCUT2D eigenvalue weighted by Gasteiger charge is 2.19. The highest BCUT2D eigenvalue weighted by Crippen LogP contribution is 2.35. The summed E-state index contributed by atoms with van der Waals surface area (Å²) < 4.78 is 12.8. The highest BCUT2D eigenvalue weighted by atomic mass is 16.5. The van der Waals surface area contributed by atoms with E-state index in [4.69, 9.17) is 15.2 Å². The Bertz CT molecular complexity index is 689. The van der Waals surface area contributed by atoms with Gasteiger partial charge < -0.3 is 19.8 Å². The fraction of sp³-hybridized carbons (Fsp3) is 0.353. The smallest absolute Gasteiger partial charge is 0.250 e. The van der Waals surface area contributed by atoms with Crippen molar-refractivity contribution >= 4 is 5.91 Å². The molecule has 5 nitrogen and oxygen atoms in total. The minimum Gasteiger partial charge on any atom is -0.497 e. The van der Waals surface area contributed by atoms with Gasteiger partial charge in [0.2, 0.25) is 0 Å². The second kappa shape index (κ2) is 6.56. The van der Waals surface area contributed by atoms with Gasteiger partial charge in [-0.05, 0) is 31.5 Å². The van der Waals surface area contributed by atoms with Gasteiger partial charge in [0.1, 0.15) is 11.5 Å². The number of methoxy groups -OCH3 is 2. The molecule has 2 rings (SSSR count). The number of hydrogen-bond donors (Lipinski definition) is 1. The van der Waals surface area contributed by atoms with E-state index in [9.17, 15) is 4.79 Å². The van der Waals surface area contributed by atoms with Crippen LogP contribution in [-0.4, -0.2) is 24.7 Å². The van der Waals surface area contributed by atoms with Crippen molar-refractivity contribution in [2.24, 2.45) is 5.73 Å². The second-order valence-corrected chi connectivity index (χ2v) is 5.11. The summed E-state index contributed by atoms with van der Waals surface area (Å²) in [5.41, 5.74) is 8.74. The molecule has 0 saturated heterocycles. The lowest BCUT2D eigenvalue weighted by molar-refractivity contribution is 0.0999. The molecule has 1 amide bonds. The van der Waals surface area contributed by atoms with Crippen molar-refractivity contribution in [1.82, 2.24) is 4.57 Å². The summed E-state index contributed by atoms with van der Waals surface area (Å²) in [5, 5.41) is 0. The maximum Gasteiger partial charge on any atom is 0.250 e. The Morgan fingerprint density at radius 2 is 1.95 bits per heavy atom. The van der Waals surface area contributed by atoms with E-state index in [1.807, 2.05) is 31.2 Å². The molecule has 0 unspecified atom stereocenters. The van der Waals surface area contributed by atoms with Gasteiger partial charge >= 0.3 is 0 Å². The standard InChI is InChI=1S/C17H22N2O3/c1-5-8-19-11(2)14(17(18)20)10-15(19)13-7-6-12(21-3)9-16(13)22-4/h6-7,9-10H,5,8H2,1-4H3,(H2,18,20). The molecule has 0 aliphatic rings. The van der Waals surface area contributed by atoms with Crippen LogP contribution in [0.4, 0.5) is 0 Å². The largest absolute Gasteiger partial charge is 0.497 e. The minimum atomic E-state index is -0.416. The second-order valence-electron chi connectivity index (χ2n) is 5.11. The first-order valence-corrected chi connectivity index (χ1v) is 7.25. The van der Waals surface area contributed by atoms with Crippen molar-refractivity contribution in [2.75, 3.05) is 14.2 Å². The number of nitrogens with two attached hydrogens (primary N) is 1. The van der Waals surface area contributed by atoms with Crippen LogP contribution in [0.25, 0.3) is 11.3 Å².